The molecule has 0 atom stereocenters. The summed E-state index contributed by atoms with van der Waals surface area (Å²) in [5.41, 5.74) is 1.08. The molecule has 0 aliphatic heterocycles. The molecule has 0 amide bonds. The molecular weight excluding hydrogens is 300 g/mol. The smallest absolute Gasteiger partial charge is 0.107 e. The second-order valence-corrected chi connectivity index (χ2v) is 7.26. The fourth-order valence-corrected chi connectivity index (χ4v) is 4.17. The van der Waals surface area contributed by atoms with Crippen LogP contribution in [0.15, 0.2) is 30.5 Å². The lowest BCUT2D eigenvalue weighted by Gasteiger charge is -2.21. The first kappa shape index (κ1) is 15.0. The Kier molecular flexibility index (Phi) is 5.28. The molecule has 1 N–H and O–H groups in total. The van der Waals surface area contributed by atoms with Crippen LogP contribution in [-0.2, 0) is 6.54 Å². The third kappa shape index (κ3) is 4.06. The largest absolute Gasteiger partial charge is 0.310 e. The topological polar surface area (TPSA) is 24.9 Å². The Morgan fingerprint density at radius 1 is 1.19 bits per heavy atom. The van der Waals surface area contributed by atoms with Crippen LogP contribution in [0.2, 0.25) is 5.02 Å². The zero-order valence-electron chi connectivity index (χ0n) is 12.1. The molecule has 112 valence electrons. The van der Waals surface area contributed by atoms with Gasteiger partial charge in [-0.3, -0.25) is 0 Å². The van der Waals surface area contributed by atoms with Crippen LogP contribution in [0.3, 0.4) is 0 Å². The van der Waals surface area contributed by atoms with Crippen molar-refractivity contribution in [2.45, 2.75) is 38.6 Å². The first-order valence-corrected chi connectivity index (χ1v) is 8.92. The van der Waals surface area contributed by atoms with Crippen molar-refractivity contribution in [3.8, 4) is 10.4 Å². The van der Waals surface area contributed by atoms with Gasteiger partial charge in [0.1, 0.15) is 5.01 Å². The minimum atomic E-state index is 0.794. The van der Waals surface area contributed by atoms with Crippen LogP contribution in [0.25, 0.3) is 10.4 Å². The van der Waals surface area contributed by atoms with E-state index in [1.165, 1.54) is 32.1 Å². The van der Waals surface area contributed by atoms with Gasteiger partial charge in [0.05, 0.1) is 4.88 Å². The molecule has 4 heteroatoms. The van der Waals surface area contributed by atoms with E-state index in [-0.39, 0.29) is 0 Å². The predicted molar refractivity (Wildman–Crippen MR) is 90.8 cm³/mol. The van der Waals surface area contributed by atoms with Crippen molar-refractivity contribution >= 4 is 22.9 Å². The zero-order valence-corrected chi connectivity index (χ0v) is 13.7. The molecule has 1 heterocycles. The number of rotatable bonds is 5. The monoisotopic (exact) mass is 320 g/mol. The maximum absolute atomic E-state index is 6.24. The Hall–Kier alpha value is -0.900. The van der Waals surface area contributed by atoms with E-state index < -0.39 is 0 Å². The maximum Gasteiger partial charge on any atom is 0.107 e. The molecule has 0 unspecified atom stereocenters. The van der Waals surface area contributed by atoms with Crippen molar-refractivity contribution in [3.63, 3.8) is 0 Å². The van der Waals surface area contributed by atoms with Crippen LogP contribution in [0, 0.1) is 5.92 Å². The standard InChI is InChI=1S/C17H21ClN2S/c18-15-9-5-4-8-14(15)16-11-20-17(21-16)12-19-10-13-6-2-1-3-7-13/h4-5,8-9,11,13,19H,1-3,6-7,10,12H2. The zero-order chi connectivity index (χ0) is 14.5. The minimum Gasteiger partial charge on any atom is -0.310 e. The van der Waals surface area contributed by atoms with E-state index in [1.807, 2.05) is 24.4 Å². The van der Waals surface area contributed by atoms with Gasteiger partial charge in [0.15, 0.2) is 0 Å². The molecule has 2 aromatic rings. The summed E-state index contributed by atoms with van der Waals surface area (Å²) in [6.45, 7) is 1.99. The third-order valence-electron chi connectivity index (χ3n) is 4.13. The molecule has 1 aliphatic carbocycles. The molecule has 1 aromatic carbocycles. The van der Waals surface area contributed by atoms with Crippen molar-refractivity contribution in [2.24, 2.45) is 5.92 Å². The highest BCUT2D eigenvalue weighted by Crippen LogP contribution is 2.31. The number of nitrogens with zero attached hydrogens (tertiary/aromatic N) is 1. The highest BCUT2D eigenvalue weighted by Gasteiger charge is 2.13. The van der Waals surface area contributed by atoms with Crippen LogP contribution in [0.4, 0.5) is 0 Å². The van der Waals surface area contributed by atoms with Crippen LogP contribution in [-0.4, -0.2) is 11.5 Å². The van der Waals surface area contributed by atoms with E-state index in [9.17, 15) is 0 Å². The van der Waals surface area contributed by atoms with E-state index in [2.05, 4.69) is 16.4 Å². The van der Waals surface area contributed by atoms with Gasteiger partial charge in [0.25, 0.3) is 0 Å². The van der Waals surface area contributed by atoms with Crippen LogP contribution in [0.1, 0.15) is 37.1 Å². The molecule has 0 radical (unpaired) electrons. The Bertz CT molecular complexity index is 576. The lowest BCUT2D eigenvalue weighted by molar-refractivity contribution is 0.342. The first-order valence-electron chi connectivity index (χ1n) is 7.73. The predicted octanol–water partition coefficient (Wildman–Crippen LogP) is 5.13. The molecular formula is C17H21ClN2S. The second-order valence-electron chi connectivity index (χ2n) is 5.73. The first-order chi connectivity index (χ1) is 10.3. The summed E-state index contributed by atoms with van der Waals surface area (Å²) >= 11 is 7.97. The van der Waals surface area contributed by atoms with Crippen molar-refractivity contribution in [2.75, 3.05) is 6.54 Å². The number of hydrogen-bond donors (Lipinski definition) is 1. The molecule has 3 rings (SSSR count). The maximum atomic E-state index is 6.24. The number of nitrogens with one attached hydrogen (secondary N) is 1. The quantitative estimate of drug-likeness (QED) is 0.825. The minimum absolute atomic E-state index is 0.794. The van der Waals surface area contributed by atoms with Crippen LogP contribution in [0.5, 0.6) is 0 Å². The molecule has 0 spiro atoms. The van der Waals surface area contributed by atoms with Gasteiger partial charge in [-0.1, -0.05) is 49.1 Å². The van der Waals surface area contributed by atoms with E-state index >= 15 is 0 Å². The lowest BCUT2D eigenvalue weighted by Crippen LogP contribution is -2.24. The SMILES string of the molecule is Clc1ccccc1-c1cnc(CNCC2CCCCC2)s1. The van der Waals surface area contributed by atoms with Gasteiger partial charge in [0.2, 0.25) is 0 Å². The summed E-state index contributed by atoms with van der Waals surface area (Å²) < 4.78 is 0. The third-order valence-corrected chi connectivity index (χ3v) is 5.49. The Labute approximate surface area is 135 Å². The summed E-state index contributed by atoms with van der Waals surface area (Å²) in [5, 5.41) is 5.50. The number of hydrogen-bond acceptors (Lipinski definition) is 3. The normalized spacial score (nSPS) is 16.2. The van der Waals surface area contributed by atoms with E-state index in [0.29, 0.717) is 0 Å². The summed E-state index contributed by atoms with van der Waals surface area (Å²) in [6.07, 6.45) is 8.93. The molecule has 0 bridgehead atoms. The van der Waals surface area contributed by atoms with Gasteiger partial charge >= 0.3 is 0 Å². The summed E-state index contributed by atoms with van der Waals surface area (Å²) in [7, 11) is 0. The van der Waals surface area contributed by atoms with Gasteiger partial charge in [-0.25, -0.2) is 4.98 Å². The van der Waals surface area contributed by atoms with E-state index in [0.717, 1.165) is 39.5 Å². The fourth-order valence-electron chi connectivity index (χ4n) is 2.95. The average molecular weight is 321 g/mol. The van der Waals surface area contributed by atoms with Crippen molar-refractivity contribution in [1.82, 2.24) is 10.3 Å². The van der Waals surface area contributed by atoms with Crippen molar-refractivity contribution < 1.29 is 0 Å². The van der Waals surface area contributed by atoms with Gasteiger partial charge in [-0.15, -0.1) is 11.3 Å². The second kappa shape index (κ2) is 7.39. The molecule has 1 aliphatic rings. The number of thiazole rings is 1. The number of aromatic nitrogens is 1. The molecule has 0 saturated heterocycles. The fraction of sp³-hybridized carbons (Fsp3) is 0.471. The van der Waals surface area contributed by atoms with E-state index in [1.54, 1.807) is 11.3 Å². The summed E-state index contributed by atoms with van der Waals surface area (Å²) in [5.74, 6) is 0.863. The molecule has 1 saturated carbocycles. The molecule has 21 heavy (non-hydrogen) atoms. The van der Waals surface area contributed by atoms with Crippen LogP contribution < -0.4 is 5.32 Å². The number of halogens is 1. The van der Waals surface area contributed by atoms with Gasteiger partial charge in [0, 0.05) is 23.3 Å². The highest BCUT2D eigenvalue weighted by atomic mass is 35.5. The van der Waals surface area contributed by atoms with E-state index in [4.69, 9.17) is 11.6 Å². The van der Waals surface area contributed by atoms with Gasteiger partial charge in [-0.05, 0) is 31.4 Å². The summed E-state index contributed by atoms with van der Waals surface area (Å²) in [6, 6.07) is 7.95. The van der Waals surface area contributed by atoms with Crippen LogP contribution >= 0.6 is 22.9 Å². The summed E-state index contributed by atoms with van der Waals surface area (Å²) in [4.78, 5) is 5.66. The highest BCUT2D eigenvalue weighted by molar-refractivity contribution is 7.15. The van der Waals surface area contributed by atoms with Gasteiger partial charge in [-0.2, -0.15) is 0 Å². The Morgan fingerprint density at radius 2 is 2.00 bits per heavy atom. The lowest BCUT2D eigenvalue weighted by atomic mass is 9.89. The average Bonchev–Trinajstić information content (AvgIpc) is 2.97. The van der Waals surface area contributed by atoms with Gasteiger partial charge < -0.3 is 5.32 Å². The Balaban J connectivity index is 1.54. The molecule has 1 aromatic heterocycles. The number of benzene rings is 1. The molecule has 1 fully saturated rings. The molecule has 2 nitrogen and oxygen atoms in total. The van der Waals surface area contributed by atoms with Crippen molar-refractivity contribution in [1.29, 1.82) is 0 Å². The van der Waals surface area contributed by atoms with Crippen molar-refractivity contribution in [3.05, 3.63) is 40.5 Å². The Morgan fingerprint density at radius 3 is 2.81 bits per heavy atom.